The standard InChI is InChI=1S/C19H21F3N4O2/c1-11(10-28-18(2,3)4)16(27)25-17-23-13-8-9-14(19(20,21)22)24-15(13)26(17)12-6-5-7-12/h5-9,11H,10H2,1-4H3,(H,23,25,27)/t11-/m1/s1. The summed E-state index contributed by atoms with van der Waals surface area (Å²) >= 11 is 0. The van der Waals surface area contributed by atoms with Crippen LogP contribution in [0.1, 0.15) is 33.4 Å². The van der Waals surface area contributed by atoms with Crippen molar-refractivity contribution in [2.45, 2.75) is 39.5 Å². The molecular weight excluding hydrogens is 373 g/mol. The quantitative estimate of drug-likeness (QED) is 0.823. The van der Waals surface area contributed by atoms with Crippen LogP contribution in [0.2, 0.25) is 0 Å². The number of carbonyl (C=O) groups is 1. The zero-order chi connectivity index (χ0) is 20.7. The smallest absolute Gasteiger partial charge is 0.375 e. The number of pyridine rings is 1. The first-order valence-electron chi connectivity index (χ1n) is 8.76. The van der Waals surface area contributed by atoms with Gasteiger partial charge in [-0.25, -0.2) is 9.97 Å². The minimum atomic E-state index is -4.57. The summed E-state index contributed by atoms with van der Waals surface area (Å²) < 4.78 is 46.2. The van der Waals surface area contributed by atoms with Gasteiger partial charge in [0.2, 0.25) is 11.9 Å². The molecule has 28 heavy (non-hydrogen) atoms. The van der Waals surface area contributed by atoms with Gasteiger partial charge < -0.3 is 4.74 Å². The fourth-order valence-electron chi connectivity index (χ4n) is 2.46. The maximum absolute atomic E-state index is 13.0. The van der Waals surface area contributed by atoms with Gasteiger partial charge in [-0.3, -0.25) is 14.7 Å². The lowest BCUT2D eigenvalue weighted by Crippen LogP contribution is -2.30. The highest BCUT2D eigenvalue weighted by Crippen LogP contribution is 2.32. The van der Waals surface area contributed by atoms with Crippen molar-refractivity contribution in [1.29, 1.82) is 0 Å². The molecular formula is C19H21F3N4O2. The third-order valence-corrected chi connectivity index (χ3v) is 4.04. The van der Waals surface area contributed by atoms with E-state index < -0.39 is 17.8 Å². The Labute approximate surface area is 160 Å². The normalized spacial score (nSPS) is 15.3. The number of amides is 1. The molecule has 0 aliphatic heterocycles. The van der Waals surface area contributed by atoms with Crippen molar-refractivity contribution in [2.75, 3.05) is 11.9 Å². The van der Waals surface area contributed by atoms with Crippen LogP contribution < -0.4 is 5.32 Å². The lowest BCUT2D eigenvalue weighted by Gasteiger charge is -2.22. The number of rotatable bonds is 5. The highest BCUT2D eigenvalue weighted by Gasteiger charge is 2.33. The van der Waals surface area contributed by atoms with Crippen LogP contribution in [0.5, 0.6) is 0 Å². The summed E-state index contributed by atoms with van der Waals surface area (Å²) in [6.45, 7) is 7.56. The molecule has 0 aromatic carbocycles. The van der Waals surface area contributed by atoms with Crippen molar-refractivity contribution in [1.82, 2.24) is 14.5 Å². The molecule has 0 spiro atoms. The molecule has 0 saturated heterocycles. The summed E-state index contributed by atoms with van der Waals surface area (Å²) in [6, 6.07) is 2.11. The first-order chi connectivity index (χ1) is 13.0. The van der Waals surface area contributed by atoms with E-state index in [2.05, 4.69) is 15.3 Å². The van der Waals surface area contributed by atoms with Crippen LogP contribution in [0.3, 0.4) is 0 Å². The van der Waals surface area contributed by atoms with Crippen molar-refractivity contribution in [3.8, 4) is 0 Å². The number of nitrogens with one attached hydrogen (secondary N) is 1. The summed E-state index contributed by atoms with van der Waals surface area (Å²) in [5.41, 5.74) is -0.540. The molecule has 1 aliphatic carbocycles. The summed E-state index contributed by atoms with van der Waals surface area (Å²) in [5.74, 6) is -0.706. The van der Waals surface area contributed by atoms with Crippen LogP contribution in [-0.4, -0.2) is 32.7 Å². The van der Waals surface area contributed by atoms with Gasteiger partial charge in [0.1, 0.15) is 11.2 Å². The highest BCUT2D eigenvalue weighted by atomic mass is 19.4. The van der Waals surface area contributed by atoms with E-state index >= 15 is 0 Å². The van der Waals surface area contributed by atoms with E-state index in [0.717, 1.165) is 6.07 Å². The Morgan fingerprint density at radius 2 is 1.93 bits per heavy atom. The van der Waals surface area contributed by atoms with Gasteiger partial charge in [0.05, 0.1) is 23.8 Å². The Morgan fingerprint density at radius 1 is 1.25 bits per heavy atom. The average molecular weight is 394 g/mol. The van der Waals surface area contributed by atoms with E-state index in [4.69, 9.17) is 4.74 Å². The van der Waals surface area contributed by atoms with E-state index in [1.54, 1.807) is 25.2 Å². The molecule has 150 valence electrons. The fraction of sp³-hybridized carbons (Fsp3) is 0.421. The number of carbonyl (C=O) groups excluding carboxylic acids is 1. The SMILES string of the molecule is C[C@H](COC(C)(C)C)C(=O)Nc1nc2ccc(C(F)(F)F)nc2n1C1=CC=C1. The van der Waals surface area contributed by atoms with Crippen molar-refractivity contribution < 1.29 is 22.7 Å². The summed E-state index contributed by atoms with van der Waals surface area (Å²) in [4.78, 5) is 20.5. The molecule has 0 fully saturated rings. The second-order valence-corrected chi connectivity index (χ2v) is 7.57. The number of allylic oxidation sites excluding steroid dienone is 4. The van der Waals surface area contributed by atoms with E-state index in [0.29, 0.717) is 5.70 Å². The highest BCUT2D eigenvalue weighted by molar-refractivity contribution is 5.94. The number of hydrogen-bond donors (Lipinski definition) is 1. The van der Waals surface area contributed by atoms with Gasteiger partial charge in [-0.1, -0.05) is 13.0 Å². The van der Waals surface area contributed by atoms with Crippen molar-refractivity contribution >= 4 is 28.7 Å². The summed E-state index contributed by atoms with van der Waals surface area (Å²) in [7, 11) is 0. The summed E-state index contributed by atoms with van der Waals surface area (Å²) in [6.07, 6.45) is 0.561. The molecule has 6 nitrogen and oxygen atoms in total. The summed E-state index contributed by atoms with van der Waals surface area (Å²) in [5, 5.41) is 2.68. The maximum atomic E-state index is 13.0. The van der Waals surface area contributed by atoms with Gasteiger partial charge in [0.25, 0.3) is 0 Å². The maximum Gasteiger partial charge on any atom is 0.433 e. The molecule has 3 rings (SSSR count). The number of alkyl halides is 3. The predicted octanol–water partition coefficient (Wildman–Crippen LogP) is 4.25. The van der Waals surface area contributed by atoms with Crippen molar-refractivity contribution in [2.24, 2.45) is 5.92 Å². The first kappa shape index (κ1) is 20.1. The van der Waals surface area contributed by atoms with Gasteiger partial charge in [-0.05, 0) is 45.1 Å². The van der Waals surface area contributed by atoms with Gasteiger partial charge >= 0.3 is 6.18 Å². The van der Waals surface area contributed by atoms with Crippen molar-refractivity contribution in [3.63, 3.8) is 0 Å². The minimum absolute atomic E-state index is 0.0271. The lowest BCUT2D eigenvalue weighted by atomic mass is 10.1. The zero-order valence-corrected chi connectivity index (χ0v) is 16.0. The number of fused-ring (bicyclic) bond motifs is 1. The van der Waals surface area contributed by atoms with Gasteiger partial charge in [-0.15, -0.1) is 0 Å². The monoisotopic (exact) mass is 394 g/mol. The molecule has 1 amide bonds. The van der Waals surface area contributed by atoms with E-state index in [1.807, 2.05) is 20.8 Å². The second kappa shape index (κ2) is 7.05. The van der Waals surface area contributed by atoms with Crippen molar-refractivity contribution in [3.05, 3.63) is 36.1 Å². The number of nitrogens with zero attached hydrogens (tertiary/aromatic N) is 3. The van der Waals surface area contributed by atoms with Crippen LogP contribution in [-0.2, 0) is 15.7 Å². The van der Waals surface area contributed by atoms with E-state index in [9.17, 15) is 18.0 Å². The predicted molar refractivity (Wildman–Crippen MR) is 99.4 cm³/mol. The molecule has 2 aromatic heterocycles. The largest absolute Gasteiger partial charge is 0.433 e. The zero-order valence-electron chi connectivity index (χ0n) is 16.0. The number of ether oxygens (including phenoxy) is 1. The number of imidazole rings is 1. The molecule has 9 heteroatoms. The van der Waals surface area contributed by atoms with Crippen LogP contribution in [0.15, 0.2) is 30.4 Å². The van der Waals surface area contributed by atoms with Crippen LogP contribution >= 0.6 is 0 Å². The molecule has 2 heterocycles. The Hall–Kier alpha value is -2.68. The van der Waals surface area contributed by atoms with Gasteiger partial charge in [0.15, 0.2) is 5.65 Å². The van der Waals surface area contributed by atoms with E-state index in [-0.39, 0.29) is 35.2 Å². The molecule has 1 atom stereocenters. The van der Waals surface area contributed by atoms with Crippen LogP contribution in [0, 0.1) is 5.92 Å². The molecule has 1 aliphatic rings. The third kappa shape index (κ3) is 4.24. The molecule has 2 aromatic rings. The second-order valence-electron chi connectivity index (χ2n) is 7.57. The topological polar surface area (TPSA) is 69.0 Å². The van der Waals surface area contributed by atoms with Gasteiger partial charge in [0, 0.05) is 0 Å². The molecule has 0 bridgehead atoms. The number of hydrogen-bond acceptors (Lipinski definition) is 4. The van der Waals surface area contributed by atoms with Crippen LogP contribution in [0.25, 0.3) is 16.9 Å². The Morgan fingerprint density at radius 3 is 2.46 bits per heavy atom. The average Bonchev–Trinajstić information content (AvgIpc) is 2.87. The lowest BCUT2D eigenvalue weighted by molar-refractivity contribution is -0.141. The Bertz CT molecular complexity index is 968. The molecule has 0 saturated carbocycles. The van der Waals surface area contributed by atoms with E-state index in [1.165, 1.54) is 10.6 Å². The third-order valence-electron chi connectivity index (χ3n) is 4.04. The fourth-order valence-corrected chi connectivity index (χ4v) is 2.46. The minimum Gasteiger partial charge on any atom is -0.375 e. The number of anilines is 1. The number of aromatic nitrogens is 3. The van der Waals surface area contributed by atoms with Crippen LogP contribution in [0.4, 0.5) is 19.1 Å². The Balaban J connectivity index is 1.91. The first-order valence-corrected chi connectivity index (χ1v) is 8.76. The molecule has 0 unspecified atom stereocenters. The van der Waals surface area contributed by atoms with Gasteiger partial charge in [-0.2, -0.15) is 13.2 Å². The molecule has 1 N–H and O–H groups in total. The Kier molecular flexibility index (Phi) is 5.05. The molecule has 0 radical (unpaired) electrons. The number of halogens is 3.